The lowest BCUT2D eigenvalue weighted by molar-refractivity contribution is -0.122. The summed E-state index contributed by atoms with van der Waals surface area (Å²) in [5.41, 5.74) is 1.14. The van der Waals surface area contributed by atoms with E-state index in [1.807, 2.05) is 0 Å². The van der Waals surface area contributed by atoms with Gasteiger partial charge in [0.05, 0.1) is 53.0 Å². The summed E-state index contributed by atoms with van der Waals surface area (Å²) in [7, 11) is 1.54. The van der Waals surface area contributed by atoms with Crippen LogP contribution in [0.1, 0.15) is 33.8 Å². The zero-order valence-corrected chi connectivity index (χ0v) is 24.6. The van der Waals surface area contributed by atoms with Crippen molar-refractivity contribution < 1.29 is 33.1 Å². The Kier molecular flexibility index (Phi) is 7.67. The molecule has 2 aliphatic heterocycles. The van der Waals surface area contributed by atoms with Crippen LogP contribution in [0.15, 0.2) is 81.2 Å². The molecular weight excluding hydrogens is 594 g/mol. The molecule has 2 aromatic heterocycles. The number of hydrogen-bond donors (Lipinski definition) is 1. The fourth-order valence-corrected chi connectivity index (χ4v) is 8.02. The van der Waals surface area contributed by atoms with Crippen molar-refractivity contribution >= 4 is 58.2 Å². The highest BCUT2D eigenvalue weighted by Crippen LogP contribution is 2.53. The average molecular weight is 620 g/mol. The molecule has 0 bridgehead atoms. The Labute approximate surface area is 253 Å². The summed E-state index contributed by atoms with van der Waals surface area (Å²) in [4.78, 5) is 67.3. The lowest BCUT2D eigenvalue weighted by atomic mass is 9.87. The molecule has 0 aliphatic carbocycles. The molecule has 3 amide bonds. The lowest BCUT2D eigenvalue weighted by Gasteiger charge is -2.29. The third kappa shape index (κ3) is 5.14. The van der Waals surface area contributed by atoms with Gasteiger partial charge in [0.25, 0.3) is 0 Å². The third-order valence-electron chi connectivity index (χ3n) is 7.21. The number of hydrogen-bond acceptors (Lipinski definition) is 10. The van der Waals surface area contributed by atoms with Crippen LogP contribution in [0.3, 0.4) is 0 Å². The van der Waals surface area contributed by atoms with Crippen LogP contribution in [-0.2, 0) is 25.7 Å². The molecular formula is C30H25N3O8S2. The molecule has 0 radical (unpaired) electrons. The van der Waals surface area contributed by atoms with E-state index in [0.717, 1.165) is 28.0 Å². The number of thiazole rings is 1. The largest absolute Gasteiger partial charge is 0.497 e. The maximum atomic E-state index is 13.9. The fraction of sp³-hybridized carbons (Fsp3) is 0.233. The first kappa shape index (κ1) is 28.5. The second-order valence-electron chi connectivity index (χ2n) is 9.74. The molecule has 220 valence electrons. The van der Waals surface area contributed by atoms with Gasteiger partial charge in [-0.15, -0.1) is 0 Å². The van der Waals surface area contributed by atoms with Crippen LogP contribution in [0.4, 0.5) is 11.4 Å². The quantitative estimate of drug-likeness (QED) is 0.228. The van der Waals surface area contributed by atoms with Crippen molar-refractivity contribution in [3.8, 4) is 5.75 Å². The van der Waals surface area contributed by atoms with Crippen molar-refractivity contribution in [1.82, 2.24) is 4.57 Å². The topological polar surface area (TPSA) is 137 Å². The van der Waals surface area contributed by atoms with Crippen LogP contribution in [0, 0.1) is 5.92 Å². The van der Waals surface area contributed by atoms with E-state index in [-0.39, 0.29) is 18.0 Å². The van der Waals surface area contributed by atoms with Crippen molar-refractivity contribution in [2.45, 2.75) is 29.7 Å². The molecule has 43 heavy (non-hydrogen) atoms. The highest BCUT2D eigenvalue weighted by atomic mass is 32.2. The van der Waals surface area contributed by atoms with Crippen LogP contribution in [0.25, 0.3) is 0 Å². The Hall–Kier alpha value is -4.62. The predicted octanol–water partition coefficient (Wildman–Crippen LogP) is 4.12. The van der Waals surface area contributed by atoms with E-state index in [4.69, 9.17) is 13.9 Å². The number of fused-ring (bicyclic) bond motifs is 2. The minimum absolute atomic E-state index is 0.219. The van der Waals surface area contributed by atoms with Crippen LogP contribution in [0.5, 0.6) is 5.75 Å². The summed E-state index contributed by atoms with van der Waals surface area (Å²) in [5, 5.41) is 2.35. The van der Waals surface area contributed by atoms with Gasteiger partial charge in [0.15, 0.2) is 0 Å². The summed E-state index contributed by atoms with van der Waals surface area (Å²) in [6.07, 6.45) is 1.47. The van der Waals surface area contributed by atoms with Gasteiger partial charge in [-0.25, -0.2) is 9.69 Å². The number of ether oxygens (including phenoxy) is 2. The lowest BCUT2D eigenvalue weighted by Crippen LogP contribution is -2.32. The van der Waals surface area contributed by atoms with Crippen LogP contribution in [-0.4, -0.2) is 47.2 Å². The second kappa shape index (κ2) is 11.6. The van der Waals surface area contributed by atoms with Gasteiger partial charge in [-0.05, 0) is 67.6 Å². The zero-order chi connectivity index (χ0) is 30.2. The standard InChI is InChI=1S/C30H25N3O8S2/c1-3-40-29(37)16-6-10-18(11-7-16)33-26(35)23-22(20-5-4-14-41-20)25-28(42-24(23)27(33)36)32(30(38)43-25)15-21(34)31-17-8-12-19(39-2)13-9-17/h4-14,22-24H,3,15H2,1-2H3,(H,31,34)/t22-,23-,24+/m0/s1. The SMILES string of the molecule is CCOC(=O)c1ccc(N2C(=O)[C@H]3[C@H](c4ccco4)c4sc(=O)n(CC(=O)Nc5ccc(OC)cc5)c4S[C@H]3C2=O)cc1. The first-order valence-electron chi connectivity index (χ1n) is 13.3. The molecule has 3 atom stereocenters. The van der Waals surface area contributed by atoms with Gasteiger partial charge in [-0.3, -0.25) is 23.7 Å². The Bertz CT molecular complexity index is 1760. The first-order chi connectivity index (χ1) is 20.8. The van der Waals surface area contributed by atoms with E-state index in [1.165, 1.54) is 35.1 Å². The number of amides is 3. The minimum Gasteiger partial charge on any atom is -0.497 e. The van der Waals surface area contributed by atoms with E-state index in [0.29, 0.717) is 38.4 Å². The Balaban J connectivity index is 1.32. The van der Waals surface area contributed by atoms with Crippen molar-refractivity contribution in [2.75, 3.05) is 23.9 Å². The maximum absolute atomic E-state index is 13.9. The number of carbonyl (C=O) groups is 4. The number of thioether (sulfide) groups is 1. The van der Waals surface area contributed by atoms with Gasteiger partial charge in [0.1, 0.15) is 23.3 Å². The zero-order valence-electron chi connectivity index (χ0n) is 23.0. The molecule has 2 aliphatic rings. The number of methoxy groups -OCH3 is 1. The molecule has 13 heteroatoms. The third-order valence-corrected chi connectivity index (χ3v) is 9.81. The van der Waals surface area contributed by atoms with Crippen molar-refractivity contribution in [3.63, 3.8) is 0 Å². The second-order valence-corrected chi connectivity index (χ2v) is 11.9. The van der Waals surface area contributed by atoms with Gasteiger partial charge >= 0.3 is 10.8 Å². The van der Waals surface area contributed by atoms with Crippen LogP contribution < -0.4 is 19.8 Å². The first-order valence-corrected chi connectivity index (χ1v) is 15.0. The number of benzene rings is 2. The summed E-state index contributed by atoms with van der Waals surface area (Å²) < 4.78 is 17.2. The summed E-state index contributed by atoms with van der Waals surface area (Å²) in [6.45, 7) is 1.64. The maximum Gasteiger partial charge on any atom is 0.338 e. The van der Waals surface area contributed by atoms with Gasteiger partial charge in [0.2, 0.25) is 17.7 Å². The fourth-order valence-electron chi connectivity index (χ4n) is 5.26. The summed E-state index contributed by atoms with van der Waals surface area (Å²) >= 11 is 2.04. The summed E-state index contributed by atoms with van der Waals surface area (Å²) in [5.74, 6) is -2.32. The molecule has 1 saturated heterocycles. The van der Waals surface area contributed by atoms with Gasteiger partial charge in [-0.1, -0.05) is 23.1 Å². The molecule has 1 N–H and O–H groups in total. The number of anilines is 2. The number of nitrogens with zero attached hydrogens (tertiary/aromatic N) is 2. The van der Waals surface area contributed by atoms with E-state index in [1.54, 1.807) is 50.4 Å². The molecule has 1 fully saturated rings. The predicted molar refractivity (Wildman–Crippen MR) is 159 cm³/mol. The van der Waals surface area contributed by atoms with E-state index in [2.05, 4.69) is 5.32 Å². The Morgan fingerprint density at radius 3 is 2.40 bits per heavy atom. The van der Waals surface area contributed by atoms with Gasteiger partial charge in [-0.2, -0.15) is 0 Å². The smallest absolute Gasteiger partial charge is 0.338 e. The number of esters is 1. The number of imide groups is 1. The Morgan fingerprint density at radius 2 is 1.74 bits per heavy atom. The molecule has 6 rings (SSSR count). The number of carbonyl (C=O) groups excluding carboxylic acids is 4. The molecule has 0 spiro atoms. The number of aromatic nitrogens is 1. The van der Waals surface area contributed by atoms with E-state index >= 15 is 0 Å². The molecule has 0 unspecified atom stereocenters. The number of furan rings is 1. The van der Waals surface area contributed by atoms with Crippen LogP contribution in [0.2, 0.25) is 0 Å². The highest BCUT2D eigenvalue weighted by Gasteiger charge is 2.57. The molecule has 11 nitrogen and oxygen atoms in total. The minimum atomic E-state index is -0.871. The highest BCUT2D eigenvalue weighted by molar-refractivity contribution is 8.00. The van der Waals surface area contributed by atoms with E-state index in [9.17, 15) is 24.0 Å². The van der Waals surface area contributed by atoms with Gasteiger partial charge in [0, 0.05) is 5.69 Å². The van der Waals surface area contributed by atoms with E-state index < -0.39 is 40.8 Å². The Morgan fingerprint density at radius 1 is 1.00 bits per heavy atom. The average Bonchev–Trinajstić information content (AvgIpc) is 3.71. The van der Waals surface area contributed by atoms with Gasteiger partial charge < -0.3 is 19.2 Å². The van der Waals surface area contributed by atoms with Crippen molar-refractivity contribution in [3.05, 3.63) is 92.8 Å². The number of nitrogens with one attached hydrogen (secondary N) is 1. The molecule has 2 aromatic carbocycles. The van der Waals surface area contributed by atoms with Crippen molar-refractivity contribution in [2.24, 2.45) is 5.92 Å². The molecule has 4 aromatic rings. The monoisotopic (exact) mass is 619 g/mol. The van der Waals surface area contributed by atoms with Crippen molar-refractivity contribution in [1.29, 1.82) is 0 Å². The molecule has 0 saturated carbocycles. The normalized spacial score (nSPS) is 19.1. The molecule has 4 heterocycles. The number of rotatable bonds is 8. The van der Waals surface area contributed by atoms with Crippen LogP contribution >= 0.6 is 23.1 Å². The summed E-state index contributed by atoms with van der Waals surface area (Å²) in [6, 6.07) is 16.2.